The minimum absolute atomic E-state index is 0.333. The van der Waals surface area contributed by atoms with Crippen LogP contribution in [0.4, 0.5) is 0 Å². The van der Waals surface area contributed by atoms with Gasteiger partial charge in [0.2, 0.25) is 0 Å². The SMILES string of the molecule is O=c1oc2cc(-c3ccc4c(c3)c3cc(-c5ccc6c(c5)-c5ccccc5C6CCc5ccccc5)ccc3n4-c3ccccc3)ccc2c2ccc(-c3cccc4sc5ccccc5c34)cc12. The molecule has 68 heavy (non-hydrogen) atoms. The summed E-state index contributed by atoms with van der Waals surface area (Å²) < 4.78 is 11.1. The largest absolute Gasteiger partial charge is 0.422 e. The molecule has 13 aromatic rings. The maximum absolute atomic E-state index is 13.9. The van der Waals surface area contributed by atoms with Gasteiger partial charge in [-0.15, -0.1) is 11.3 Å². The lowest BCUT2D eigenvalue weighted by Crippen LogP contribution is -2.00. The van der Waals surface area contributed by atoms with E-state index >= 15 is 0 Å². The highest BCUT2D eigenvalue weighted by molar-refractivity contribution is 7.25. The molecule has 1 atom stereocenters. The maximum Gasteiger partial charge on any atom is 0.344 e. The Bertz CT molecular complexity index is 4230. The average molecular weight is 888 g/mol. The van der Waals surface area contributed by atoms with Crippen molar-refractivity contribution in [3.8, 4) is 50.2 Å². The van der Waals surface area contributed by atoms with Crippen molar-refractivity contribution in [2.24, 2.45) is 0 Å². The molecule has 3 aromatic heterocycles. The van der Waals surface area contributed by atoms with E-state index in [2.05, 4.69) is 211 Å². The first-order valence-corrected chi connectivity index (χ1v) is 24.3. The summed E-state index contributed by atoms with van der Waals surface area (Å²) in [6.07, 6.45) is 2.12. The fourth-order valence-corrected chi connectivity index (χ4v) is 12.4. The topological polar surface area (TPSA) is 35.1 Å². The van der Waals surface area contributed by atoms with Crippen LogP contribution in [-0.2, 0) is 6.42 Å². The number of fused-ring (bicyclic) bond motifs is 12. The number of aromatic nitrogens is 1. The van der Waals surface area contributed by atoms with E-state index in [9.17, 15) is 4.79 Å². The third kappa shape index (κ3) is 6.15. The normalized spacial score (nSPS) is 13.3. The zero-order valence-electron chi connectivity index (χ0n) is 36.9. The van der Waals surface area contributed by atoms with Crippen LogP contribution in [0.3, 0.4) is 0 Å². The molecule has 14 rings (SSSR count). The van der Waals surface area contributed by atoms with Gasteiger partial charge in [-0.2, -0.15) is 0 Å². The van der Waals surface area contributed by atoms with Gasteiger partial charge in [0.15, 0.2) is 0 Å². The number of aryl methyl sites for hydroxylation is 1. The molecule has 0 saturated heterocycles. The molecule has 0 saturated carbocycles. The van der Waals surface area contributed by atoms with Gasteiger partial charge in [-0.3, -0.25) is 0 Å². The molecule has 0 amide bonds. The number of para-hydroxylation sites is 1. The lowest BCUT2D eigenvalue weighted by molar-refractivity contribution is 0.570. The highest BCUT2D eigenvalue weighted by atomic mass is 32.1. The summed E-state index contributed by atoms with van der Waals surface area (Å²) in [4.78, 5) is 13.9. The van der Waals surface area contributed by atoms with Crippen molar-refractivity contribution in [3.05, 3.63) is 245 Å². The van der Waals surface area contributed by atoms with Crippen LogP contribution >= 0.6 is 11.3 Å². The van der Waals surface area contributed by atoms with E-state index in [-0.39, 0.29) is 5.63 Å². The predicted molar refractivity (Wildman–Crippen MR) is 286 cm³/mol. The number of rotatable bonds is 7. The molecular formula is C64H41NO2S. The molecule has 10 aromatic carbocycles. The van der Waals surface area contributed by atoms with E-state index in [0.717, 1.165) is 68.0 Å². The Labute approximate surface area is 396 Å². The Morgan fingerprint density at radius 1 is 0.426 bits per heavy atom. The van der Waals surface area contributed by atoms with Crippen LogP contribution in [0.15, 0.2) is 228 Å². The summed E-state index contributed by atoms with van der Waals surface area (Å²) in [5, 5.41) is 7.20. The van der Waals surface area contributed by atoms with Gasteiger partial charge in [-0.25, -0.2) is 4.79 Å². The van der Waals surface area contributed by atoms with Crippen LogP contribution in [0, 0.1) is 0 Å². The lowest BCUT2D eigenvalue weighted by Gasteiger charge is -2.14. The van der Waals surface area contributed by atoms with Crippen LogP contribution < -0.4 is 5.63 Å². The molecule has 0 fully saturated rings. The maximum atomic E-state index is 13.9. The molecule has 1 aliphatic rings. The van der Waals surface area contributed by atoms with Crippen molar-refractivity contribution in [2.45, 2.75) is 18.8 Å². The Hall–Kier alpha value is -8.31. The third-order valence-electron chi connectivity index (χ3n) is 14.5. The van der Waals surface area contributed by atoms with E-state index in [1.807, 2.05) is 12.1 Å². The van der Waals surface area contributed by atoms with Gasteiger partial charge in [-0.05, 0) is 152 Å². The molecule has 320 valence electrons. The van der Waals surface area contributed by atoms with Crippen LogP contribution in [-0.4, -0.2) is 4.57 Å². The first-order valence-electron chi connectivity index (χ1n) is 23.4. The van der Waals surface area contributed by atoms with Crippen molar-refractivity contribution in [1.82, 2.24) is 4.57 Å². The third-order valence-corrected chi connectivity index (χ3v) is 15.6. The van der Waals surface area contributed by atoms with Crippen LogP contribution in [0.1, 0.15) is 29.0 Å². The highest BCUT2D eigenvalue weighted by Crippen LogP contribution is 2.49. The van der Waals surface area contributed by atoms with Crippen LogP contribution in [0.25, 0.3) is 114 Å². The summed E-state index contributed by atoms with van der Waals surface area (Å²) in [5.41, 5.74) is 17.1. The van der Waals surface area contributed by atoms with Gasteiger partial charge in [-0.1, -0.05) is 146 Å². The standard InChI is InChI=1S/C64H41NO2S/c66-64-57-37-44(46-19-11-21-62-63(46)53-18-9-10-20-61(53)68-62)25-30-51(57)52-31-24-43(38-60(52)67-64)42-27-33-59-56(36-42)55-35-41(26-32-58(55)65(59)45-14-5-2-6-15-45)40-23-29-50-49(28-22-39-12-3-1-4-13-39)47-16-7-8-17-48(47)54(50)34-40/h1-21,23-27,29-38,49H,22,28H2. The summed E-state index contributed by atoms with van der Waals surface area (Å²) in [5.74, 6) is 0.369. The minimum Gasteiger partial charge on any atom is -0.422 e. The van der Waals surface area contributed by atoms with E-state index in [4.69, 9.17) is 4.42 Å². The van der Waals surface area contributed by atoms with Gasteiger partial charge in [0.05, 0.1) is 16.4 Å². The summed E-state index contributed by atoms with van der Waals surface area (Å²) in [6.45, 7) is 0. The Kier molecular flexibility index (Phi) is 8.80. The first-order chi connectivity index (χ1) is 33.6. The van der Waals surface area contributed by atoms with Crippen molar-refractivity contribution >= 4 is 75.1 Å². The molecule has 0 spiro atoms. The monoisotopic (exact) mass is 887 g/mol. The van der Waals surface area contributed by atoms with E-state index in [1.165, 1.54) is 64.5 Å². The number of hydrogen-bond acceptors (Lipinski definition) is 3. The van der Waals surface area contributed by atoms with Crippen LogP contribution in [0.2, 0.25) is 0 Å². The van der Waals surface area contributed by atoms with Crippen LogP contribution in [0.5, 0.6) is 0 Å². The predicted octanol–water partition coefficient (Wildman–Crippen LogP) is 17.2. The lowest BCUT2D eigenvalue weighted by atomic mass is 9.90. The van der Waals surface area contributed by atoms with Crippen molar-refractivity contribution < 1.29 is 4.42 Å². The first kappa shape index (κ1) is 38.9. The smallest absolute Gasteiger partial charge is 0.344 e. The summed E-state index contributed by atoms with van der Waals surface area (Å²) in [7, 11) is 0. The quantitative estimate of drug-likeness (QED) is 0.118. The fraction of sp³-hybridized carbons (Fsp3) is 0.0469. The minimum atomic E-state index is -0.333. The Morgan fingerprint density at radius 3 is 1.85 bits per heavy atom. The number of thiophene rings is 1. The van der Waals surface area contributed by atoms with E-state index < -0.39 is 0 Å². The molecule has 4 heteroatoms. The second-order valence-corrected chi connectivity index (χ2v) is 19.3. The second kappa shape index (κ2) is 15.4. The Balaban J connectivity index is 0.862. The molecule has 0 aliphatic heterocycles. The molecule has 0 N–H and O–H groups in total. The van der Waals surface area contributed by atoms with Crippen molar-refractivity contribution in [1.29, 1.82) is 0 Å². The van der Waals surface area contributed by atoms with E-state index in [1.54, 1.807) is 11.3 Å². The molecule has 0 bridgehead atoms. The number of hydrogen-bond donors (Lipinski definition) is 0. The van der Waals surface area contributed by atoms with Crippen molar-refractivity contribution in [2.75, 3.05) is 0 Å². The van der Waals surface area contributed by atoms with Gasteiger partial charge in [0, 0.05) is 47.9 Å². The Morgan fingerprint density at radius 2 is 1.03 bits per heavy atom. The van der Waals surface area contributed by atoms with Gasteiger partial charge >= 0.3 is 5.63 Å². The van der Waals surface area contributed by atoms with E-state index in [0.29, 0.717) is 16.9 Å². The average Bonchev–Trinajstić information content (AvgIpc) is 4.05. The van der Waals surface area contributed by atoms with Gasteiger partial charge in [0.25, 0.3) is 0 Å². The highest BCUT2D eigenvalue weighted by Gasteiger charge is 2.29. The van der Waals surface area contributed by atoms with Gasteiger partial charge in [0.1, 0.15) is 5.58 Å². The zero-order valence-corrected chi connectivity index (χ0v) is 37.8. The number of benzene rings is 10. The molecule has 1 aliphatic carbocycles. The molecule has 1 unspecified atom stereocenters. The number of nitrogens with zero attached hydrogens (tertiary/aromatic N) is 1. The fourth-order valence-electron chi connectivity index (χ4n) is 11.3. The molecule has 3 nitrogen and oxygen atoms in total. The zero-order chi connectivity index (χ0) is 44.9. The van der Waals surface area contributed by atoms with Crippen molar-refractivity contribution in [3.63, 3.8) is 0 Å². The molecule has 3 heterocycles. The summed E-state index contributed by atoms with van der Waals surface area (Å²) in [6, 6.07) is 78.7. The molecule has 0 radical (unpaired) electrons. The second-order valence-electron chi connectivity index (χ2n) is 18.2. The summed E-state index contributed by atoms with van der Waals surface area (Å²) >= 11 is 1.80. The molecular weight excluding hydrogens is 847 g/mol. The van der Waals surface area contributed by atoms with Gasteiger partial charge < -0.3 is 8.98 Å².